The Morgan fingerprint density at radius 3 is 2.96 bits per heavy atom. The van der Waals surface area contributed by atoms with E-state index in [1.54, 1.807) is 6.26 Å². The van der Waals surface area contributed by atoms with Crippen molar-refractivity contribution in [1.82, 2.24) is 20.3 Å². The van der Waals surface area contributed by atoms with Gasteiger partial charge in [-0.1, -0.05) is 29.8 Å². The number of aromatic nitrogens is 3. The van der Waals surface area contributed by atoms with Gasteiger partial charge >= 0.3 is 0 Å². The van der Waals surface area contributed by atoms with Crippen LogP contribution in [0.1, 0.15) is 19.3 Å². The maximum atomic E-state index is 14.2. The van der Waals surface area contributed by atoms with Gasteiger partial charge in [0.25, 0.3) is 5.56 Å². The quantitative estimate of drug-likeness (QED) is 0.496. The first kappa shape index (κ1) is 16.5. The molecule has 3 rings (SSSR count). The molecule has 0 bridgehead atoms. The fraction of sp³-hybridized carbons (Fsp3) is 0.500. The highest BCUT2D eigenvalue weighted by Crippen LogP contribution is 2.27. The Morgan fingerprint density at radius 2 is 2.26 bits per heavy atom. The van der Waals surface area contributed by atoms with Crippen molar-refractivity contribution in [3.63, 3.8) is 0 Å². The second-order valence-corrected chi connectivity index (χ2v) is 6.43. The zero-order chi connectivity index (χ0) is 16.4. The molecule has 1 saturated heterocycles. The molecule has 2 N–H and O–H groups in total. The van der Waals surface area contributed by atoms with E-state index in [-0.39, 0.29) is 28.0 Å². The molecule has 2 aromatic rings. The number of piperidine rings is 1. The summed E-state index contributed by atoms with van der Waals surface area (Å²) in [6, 6.07) is 0.182. The summed E-state index contributed by atoms with van der Waals surface area (Å²) in [5.41, 5.74) is -0.612. The van der Waals surface area contributed by atoms with E-state index in [1.807, 2.05) is 0 Å². The number of pyridine rings is 1. The Kier molecular flexibility index (Phi) is 5.03. The van der Waals surface area contributed by atoms with Crippen molar-refractivity contribution in [3.8, 4) is 5.88 Å². The van der Waals surface area contributed by atoms with Gasteiger partial charge in [-0.3, -0.25) is 4.79 Å². The molecule has 0 aliphatic carbocycles. The molecule has 1 aliphatic heterocycles. The van der Waals surface area contributed by atoms with Crippen molar-refractivity contribution in [2.45, 2.75) is 30.5 Å². The minimum atomic E-state index is -0.814. The van der Waals surface area contributed by atoms with E-state index in [9.17, 15) is 9.18 Å². The number of nitrogens with one attached hydrogen (secondary N) is 2. The normalized spacial score (nSPS) is 18.3. The fourth-order valence-corrected chi connectivity index (χ4v) is 3.09. The Labute approximate surface area is 141 Å². The summed E-state index contributed by atoms with van der Waals surface area (Å²) in [6.45, 7) is 1.28. The van der Waals surface area contributed by atoms with Gasteiger partial charge in [-0.25, -0.2) is 9.37 Å². The third kappa shape index (κ3) is 3.44. The number of aromatic amines is 1. The van der Waals surface area contributed by atoms with Gasteiger partial charge in [-0.05, 0) is 25.6 Å². The Morgan fingerprint density at radius 1 is 1.43 bits per heavy atom. The van der Waals surface area contributed by atoms with Crippen LogP contribution in [0.25, 0.3) is 10.9 Å². The highest BCUT2D eigenvalue weighted by molar-refractivity contribution is 7.98. The topological polar surface area (TPSA) is 79.9 Å². The first-order valence-corrected chi connectivity index (χ1v) is 8.89. The number of nitrogens with zero attached hydrogens (tertiary/aromatic N) is 2. The van der Waals surface area contributed by atoms with Crippen LogP contribution in [-0.4, -0.2) is 40.4 Å². The van der Waals surface area contributed by atoms with E-state index < -0.39 is 11.4 Å². The van der Waals surface area contributed by atoms with Crippen LogP contribution in [-0.2, 0) is 0 Å². The standard InChI is InChI=1S/C14H16ClFN4O2S/c1-23-14-18-10-8(12(21)20-14)13(19-11(15)9(10)16)22-6-7-4-2-3-5-17-7/h7,17H,2-6H2,1H3,(H,18,20,21). The second kappa shape index (κ2) is 7.02. The predicted octanol–water partition coefficient (Wildman–Crippen LogP) is 2.35. The van der Waals surface area contributed by atoms with Gasteiger partial charge in [-0.2, -0.15) is 4.98 Å². The van der Waals surface area contributed by atoms with Crippen LogP contribution >= 0.6 is 23.4 Å². The molecule has 1 fully saturated rings. The van der Waals surface area contributed by atoms with Gasteiger partial charge in [0.05, 0.1) is 0 Å². The molecule has 1 unspecified atom stereocenters. The van der Waals surface area contributed by atoms with E-state index in [1.165, 1.54) is 11.8 Å². The summed E-state index contributed by atoms with van der Waals surface area (Å²) in [6.07, 6.45) is 4.98. The number of thioether (sulfide) groups is 1. The number of hydrogen-bond acceptors (Lipinski definition) is 6. The number of fused-ring (bicyclic) bond motifs is 1. The van der Waals surface area contributed by atoms with Crippen LogP contribution in [0.4, 0.5) is 4.39 Å². The van der Waals surface area contributed by atoms with Crippen LogP contribution < -0.4 is 15.6 Å². The average molecular weight is 359 g/mol. The zero-order valence-electron chi connectivity index (χ0n) is 12.5. The Bertz CT molecular complexity index is 779. The van der Waals surface area contributed by atoms with Gasteiger partial charge in [0.1, 0.15) is 17.5 Å². The maximum absolute atomic E-state index is 14.2. The third-order valence-corrected chi connectivity index (χ3v) is 4.56. The molecule has 23 heavy (non-hydrogen) atoms. The summed E-state index contributed by atoms with van der Waals surface area (Å²) in [7, 11) is 0. The fourth-order valence-electron chi connectivity index (χ4n) is 2.55. The summed E-state index contributed by atoms with van der Waals surface area (Å²) < 4.78 is 19.8. The van der Waals surface area contributed by atoms with E-state index in [2.05, 4.69) is 20.3 Å². The van der Waals surface area contributed by atoms with Crippen LogP contribution in [0.15, 0.2) is 9.95 Å². The number of halogens is 2. The first-order valence-electron chi connectivity index (χ1n) is 7.29. The summed E-state index contributed by atoms with van der Waals surface area (Å²) in [5.74, 6) is -0.800. The lowest BCUT2D eigenvalue weighted by molar-refractivity contribution is 0.234. The maximum Gasteiger partial charge on any atom is 0.265 e. The molecule has 0 saturated carbocycles. The van der Waals surface area contributed by atoms with Crippen LogP contribution in [0.2, 0.25) is 5.15 Å². The lowest BCUT2D eigenvalue weighted by atomic mass is 10.1. The summed E-state index contributed by atoms with van der Waals surface area (Å²) >= 11 is 7.03. The smallest absolute Gasteiger partial charge is 0.265 e. The molecular weight excluding hydrogens is 343 g/mol. The molecule has 9 heteroatoms. The summed E-state index contributed by atoms with van der Waals surface area (Å²) in [4.78, 5) is 22.8. The van der Waals surface area contributed by atoms with Gasteiger partial charge < -0.3 is 15.0 Å². The van der Waals surface area contributed by atoms with Gasteiger partial charge in [-0.15, -0.1) is 0 Å². The minimum absolute atomic E-state index is 0.0134. The summed E-state index contributed by atoms with van der Waals surface area (Å²) in [5, 5.41) is 3.27. The molecule has 3 heterocycles. The monoisotopic (exact) mass is 358 g/mol. The average Bonchev–Trinajstić information content (AvgIpc) is 2.57. The second-order valence-electron chi connectivity index (χ2n) is 5.28. The van der Waals surface area contributed by atoms with Crippen molar-refractivity contribution in [2.24, 2.45) is 0 Å². The van der Waals surface area contributed by atoms with Crippen molar-refractivity contribution < 1.29 is 9.13 Å². The van der Waals surface area contributed by atoms with E-state index >= 15 is 0 Å². The Hall–Kier alpha value is -1.38. The van der Waals surface area contributed by atoms with Crippen molar-refractivity contribution in [2.75, 3.05) is 19.4 Å². The SMILES string of the molecule is CSc1nc2c(F)c(Cl)nc(OCC3CCCCN3)c2c(=O)[nH]1. The van der Waals surface area contributed by atoms with E-state index in [0.717, 1.165) is 25.8 Å². The van der Waals surface area contributed by atoms with Gasteiger partial charge in [0.15, 0.2) is 16.1 Å². The number of H-pyrrole nitrogens is 1. The molecule has 1 aliphatic rings. The van der Waals surface area contributed by atoms with Gasteiger partial charge in [0, 0.05) is 6.04 Å². The zero-order valence-corrected chi connectivity index (χ0v) is 14.1. The van der Waals surface area contributed by atoms with Crippen molar-refractivity contribution >= 4 is 34.3 Å². The van der Waals surface area contributed by atoms with Crippen molar-refractivity contribution in [1.29, 1.82) is 0 Å². The third-order valence-electron chi connectivity index (χ3n) is 3.73. The van der Waals surface area contributed by atoms with Crippen LogP contribution in [0.3, 0.4) is 0 Å². The van der Waals surface area contributed by atoms with Gasteiger partial charge in [0.2, 0.25) is 5.88 Å². The first-order chi connectivity index (χ1) is 11.1. The van der Waals surface area contributed by atoms with E-state index in [4.69, 9.17) is 16.3 Å². The molecule has 2 aromatic heterocycles. The Balaban J connectivity index is 1.99. The highest BCUT2D eigenvalue weighted by atomic mass is 35.5. The number of ether oxygens (including phenoxy) is 1. The number of rotatable bonds is 4. The lowest BCUT2D eigenvalue weighted by Crippen LogP contribution is -2.38. The molecular formula is C14H16ClFN4O2S. The molecule has 124 valence electrons. The van der Waals surface area contributed by atoms with Crippen molar-refractivity contribution in [3.05, 3.63) is 21.3 Å². The molecule has 0 radical (unpaired) electrons. The number of hydrogen-bond donors (Lipinski definition) is 2. The molecule has 0 aromatic carbocycles. The molecule has 0 amide bonds. The lowest BCUT2D eigenvalue weighted by Gasteiger charge is -2.23. The predicted molar refractivity (Wildman–Crippen MR) is 88.0 cm³/mol. The van der Waals surface area contributed by atoms with E-state index in [0.29, 0.717) is 11.8 Å². The highest BCUT2D eigenvalue weighted by Gasteiger charge is 2.21. The minimum Gasteiger partial charge on any atom is -0.475 e. The molecule has 1 atom stereocenters. The molecule has 6 nitrogen and oxygen atoms in total. The van der Waals surface area contributed by atoms with Crippen LogP contribution in [0.5, 0.6) is 5.88 Å². The largest absolute Gasteiger partial charge is 0.475 e. The van der Waals surface area contributed by atoms with Crippen LogP contribution in [0, 0.1) is 5.82 Å². The molecule has 0 spiro atoms.